The number of nitrogens with one attached hydrogen (secondary N) is 1. The number of carbonyl (C=O) groups is 1. The molecule has 1 atom stereocenters. The predicted molar refractivity (Wildman–Crippen MR) is 58.5 cm³/mol. The molecule has 16 heavy (non-hydrogen) atoms. The van der Waals surface area contributed by atoms with E-state index in [0.717, 1.165) is 38.7 Å². The molecule has 0 aromatic rings. The Morgan fingerprint density at radius 3 is 2.88 bits per heavy atom. The second-order valence-electron chi connectivity index (χ2n) is 4.73. The van der Waals surface area contributed by atoms with Gasteiger partial charge < -0.3 is 10.1 Å². The molecule has 0 aromatic heterocycles. The van der Waals surface area contributed by atoms with E-state index in [0.29, 0.717) is 12.6 Å². The summed E-state index contributed by atoms with van der Waals surface area (Å²) in [7, 11) is 0. The fraction of sp³-hybridized carbons (Fsp3) is 0.833. The van der Waals surface area contributed by atoms with Gasteiger partial charge in [-0.3, -0.25) is 4.79 Å². The molecule has 1 aliphatic heterocycles. The number of hydrogen-bond donors (Lipinski definition) is 1. The lowest BCUT2D eigenvalue weighted by Gasteiger charge is -2.22. The van der Waals surface area contributed by atoms with Crippen molar-refractivity contribution in [1.82, 2.24) is 5.32 Å². The van der Waals surface area contributed by atoms with Crippen molar-refractivity contribution in [2.24, 2.45) is 5.41 Å². The molecule has 1 unspecified atom stereocenters. The molecule has 0 spiro atoms. The summed E-state index contributed by atoms with van der Waals surface area (Å²) in [6.07, 6.45) is 6.07. The van der Waals surface area contributed by atoms with Gasteiger partial charge >= 0.3 is 0 Å². The van der Waals surface area contributed by atoms with Crippen LogP contribution in [0.5, 0.6) is 0 Å². The minimum absolute atomic E-state index is 0.0918. The maximum atomic E-state index is 11.6. The Morgan fingerprint density at radius 2 is 2.31 bits per heavy atom. The Kier molecular flexibility index (Phi) is 3.45. The standard InChI is InChI=1S/C12H18N2O2/c13-9-12(5-6-12)11(15)14-7-4-10-3-1-2-8-16-10/h10H,1-8H2,(H,14,15). The van der Waals surface area contributed by atoms with Gasteiger partial charge in [-0.1, -0.05) is 0 Å². The summed E-state index contributed by atoms with van der Waals surface area (Å²) >= 11 is 0. The molecule has 4 nitrogen and oxygen atoms in total. The molecule has 0 aromatic carbocycles. The van der Waals surface area contributed by atoms with E-state index in [2.05, 4.69) is 11.4 Å². The molecular weight excluding hydrogens is 204 g/mol. The van der Waals surface area contributed by atoms with E-state index in [1.807, 2.05) is 0 Å². The van der Waals surface area contributed by atoms with Crippen LogP contribution in [0.2, 0.25) is 0 Å². The lowest BCUT2D eigenvalue weighted by atomic mass is 10.1. The van der Waals surface area contributed by atoms with Gasteiger partial charge in [-0.25, -0.2) is 0 Å². The van der Waals surface area contributed by atoms with Gasteiger partial charge in [0.2, 0.25) is 5.91 Å². The lowest BCUT2D eigenvalue weighted by Crippen LogP contribution is -2.34. The second-order valence-corrected chi connectivity index (χ2v) is 4.73. The zero-order chi connectivity index (χ0) is 11.4. The highest BCUT2D eigenvalue weighted by Gasteiger charge is 2.50. The van der Waals surface area contributed by atoms with Crippen molar-refractivity contribution in [3.63, 3.8) is 0 Å². The number of hydrogen-bond acceptors (Lipinski definition) is 3. The van der Waals surface area contributed by atoms with Crippen LogP contribution in [0.15, 0.2) is 0 Å². The Labute approximate surface area is 96.0 Å². The van der Waals surface area contributed by atoms with Crippen LogP contribution in [0, 0.1) is 16.7 Å². The summed E-state index contributed by atoms with van der Waals surface area (Å²) in [6.45, 7) is 1.48. The van der Waals surface area contributed by atoms with Crippen LogP contribution in [0.3, 0.4) is 0 Å². The molecule has 1 N–H and O–H groups in total. The van der Waals surface area contributed by atoms with Crippen molar-refractivity contribution in [2.75, 3.05) is 13.2 Å². The molecule has 1 aliphatic carbocycles. The predicted octanol–water partition coefficient (Wildman–Crippen LogP) is 1.37. The van der Waals surface area contributed by atoms with Crippen LogP contribution in [0.1, 0.15) is 38.5 Å². The summed E-state index contributed by atoms with van der Waals surface area (Å²) in [5, 5.41) is 11.7. The fourth-order valence-electron chi connectivity index (χ4n) is 2.07. The topological polar surface area (TPSA) is 62.1 Å². The van der Waals surface area contributed by atoms with Crippen molar-refractivity contribution in [1.29, 1.82) is 5.26 Å². The summed E-state index contributed by atoms with van der Waals surface area (Å²) in [5.74, 6) is -0.0918. The highest BCUT2D eigenvalue weighted by atomic mass is 16.5. The summed E-state index contributed by atoms with van der Waals surface area (Å²) < 4.78 is 5.57. The molecule has 1 saturated heterocycles. The van der Waals surface area contributed by atoms with Crippen LogP contribution in [0.25, 0.3) is 0 Å². The monoisotopic (exact) mass is 222 g/mol. The van der Waals surface area contributed by atoms with Gasteiger partial charge in [-0.15, -0.1) is 0 Å². The number of carbonyl (C=O) groups excluding carboxylic acids is 1. The first-order valence-electron chi connectivity index (χ1n) is 6.08. The van der Waals surface area contributed by atoms with Crippen LogP contribution in [-0.2, 0) is 9.53 Å². The Balaban J connectivity index is 1.64. The van der Waals surface area contributed by atoms with Gasteiger partial charge in [-0.05, 0) is 38.5 Å². The number of amides is 1. The minimum atomic E-state index is -0.687. The highest BCUT2D eigenvalue weighted by molar-refractivity contribution is 5.88. The van der Waals surface area contributed by atoms with E-state index in [4.69, 9.17) is 10.00 Å². The van der Waals surface area contributed by atoms with E-state index >= 15 is 0 Å². The third-order valence-electron chi connectivity index (χ3n) is 3.42. The van der Waals surface area contributed by atoms with E-state index in [-0.39, 0.29) is 5.91 Å². The van der Waals surface area contributed by atoms with Gasteiger partial charge in [-0.2, -0.15) is 5.26 Å². The summed E-state index contributed by atoms with van der Waals surface area (Å²) in [5.41, 5.74) is -0.687. The molecule has 0 bridgehead atoms. The van der Waals surface area contributed by atoms with Gasteiger partial charge in [0.25, 0.3) is 0 Å². The van der Waals surface area contributed by atoms with E-state index < -0.39 is 5.41 Å². The molecule has 0 radical (unpaired) electrons. The molecular formula is C12H18N2O2. The fourth-order valence-corrected chi connectivity index (χ4v) is 2.07. The Bertz CT molecular complexity index is 299. The third-order valence-corrected chi connectivity index (χ3v) is 3.42. The molecule has 2 aliphatic rings. The van der Waals surface area contributed by atoms with Crippen molar-refractivity contribution in [2.45, 2.75) is 44.6 Å². The van der Waals surface area contributed by atoms with Crippen molar-refractivity contribution in [3.8, 4) is 6.07 Å². The summed E-state index contributed by atoms with van der Waals surface area (Å²) in [6, 6.07) is 2.10. The zero-order valence-electron chi connectivity index (χ0n) is 9.50. The number of nitrogens with zero attached hydrogens (tertiary/aromatic N) is 1. The van der Waals surface area contributed by atoms with Crippen molar-refractivity contribution in [3.05, 3.63) is 0 Å². The van der Waals surface area contributed by atoms with Crippen molar-refractivity contribution >= 4 is 5.91 Å². The SMILES string of the molecule is N#CC1(C(=O)NCCC2CCCCO2)CC1. The average molecular weight is 222 g/mol. The maximum Gasteiger partial charge on any atom is 0.240 e. The van der Waals surface area contributed by atoms with Crippen LogP contribution < -0.4 is 5.32 Å². The first kappa shape index (κ1) is 11.4. The minimum Gasteiger partial charge on any atom is -0.378 e. The maximum absolute atomic E-state index is 11.6. The third kappa shape index (κ3) is 2.53. The molecule has 1 heterocycles. The number of ether oxygens (including phenoxy) is 1. The Hall–Kier alpha value is -1.08. The highest BCUT2D eigenvalue weighted by Crippen LogP contribution is 2.44. The molecule has 88 valence electrons. The van der Waals surface area contributed by atoms with E-state index in [9.17, 15) is 4.79 Å². The zero-order valence-corrected chi connectivity index (χ0v) is 9.50. The van der Waals surface area contributed by atoms with Crippen LogP contribution in [-0.4, -0.2) is 25.2 Å². The number of rotatable bonds is 4. The van der Waals surface area contributed by atoms with Crippen molar-refractivity contribution < 1.29 is 9.53 Å². The lowest BCUT2D eigenvalue weighted by molar-refractivity contribution is -0.124. The van der Waals surface area contributed by atoms with E-state index in [1.54, 1.807) is 0 Å². The van der Waals surface area contributed by atoms with Gasteiger partial charge in [0.15, 0.2) is 0 Å². The normalized spacial score (nSPS) is 26.8. The van der Waals surface area contributed by atoms with Gasteiger partial charge in [0.05, 0.1) is 12.2 Å². The average Bonchev–Trinajstić information content (AvgIpc) is 3.11. The first-order chi connectivity index (χ1) is 7.77. The molecule has 4 heteroatoms. The smallest absolute Gasteiger partial charge is 0.240 e. The quantitative estimate of drug-likeness (QED) is 0.781. The molecule has 1 amide bonds. The first-order valence-corrected chi connectivity index (χ1v) is 6.08. The van der Waals surface area contributed by atoms with E-state index in [1.165, 1.54) is 6.42 Å². The molecule has 2 rings (SSSR count). The van der Waals surface area contributed by atoms with Crippen LogP contribution in [0.4, 0.5) is 0 Å². The molecule has 1 saturated carbocycles. The summed E-state index contributed by atoms with van der Waals surface area (Å²) in [4.78, 5) is 11.6. The Morgan fingerprint density at radius 1 is 1.50 bits per heavy atom. The van der Waals surface area contributed by atoms with Gasteiger partial charge in [0.1, 0.15) is 5.41 Å². The largest absolute Gasteiger partial charge is 0.378 e. The van der Waals surface area contributed by atoms with Crippen LogP contribution >= 0.6 is 0 Å². The number of nitriles is 1. The molecule has 2 fully saturated rings. The van der Waals surface area contributed by atoms with Gasteiger partial charge in [0, 0.05) is 13.2 Å². The second kappa shape index (κ2) is 4.84.